The second-order valence-corrected chi connectivity index (χ2v) is 6.82. The third-order valence-corrected chi connectivity index (χ3v) is 3.69. The number of anilines is 1. The van der Waals surface area contributed by atoms with E-state index in [1.165, 1.54) is 0 Å². The molecule has 0 fully saturated rings. The summed E-state index contributed by atoms with van der Waals surface area (Å²) in [6.45, 7) is 7.41. The van der Waals surface area contributed by atoms with E-state index in [0.717, 1.165) is 6.42 Å². The van der Waals surface area contributed by atoms with Crippen molar-refractivity contribution >= 4 is 23.5 Å². The van der Waals surface area contributed by atoms with E-state index in [4.69, 9.17) is 5.11 Å². The zero-order chi connectivity index (χ0) is 18.3. The van der Waals surface area contributed by atoms with Gasteiger partial charge in [-0.15, -0.1) is 0 Å². The predicted octanol–water partition coefficient (Wildman–Crippen LogP) is 3.04. The SMILES string of the molecule is CCC(C)NC(=O)c1ccc(NC(=O)CC(C)(C)CC(=O)O)cc1. The lowest BCUT2D eigenvalue weighted by molar-refractivity contribution is -0.139. The van der Waals surface area contributed by atoms with Crippen LogP contribution in [0, 0.1) is 5.41 Å². The summed E-state index contributed by atoms with van der Waals surface area (Å²) >= 11 is 0. The van der Waals surface area contributed by atoms with Gasteiger partial charge in [0.05, 0.1) is 6.42 Å². The monoisotopic (exact) mass is 334 g/mol. The van der Waals surface area contributed by atoms with Crippen molar-refractivity contribution in [2.45, 2.75) is 53.0 Å². The zero-order valence-electron chi connectivity index (χ0n) is 14.7. The molecular weight excluding hydrogens is 308 g/mol. The van der Waals surface area contributed by atoms with Gasteiger partial charge >= 0.3 is 5.97 Å². The molecule has 1 atom stereocenters. The number of carbonyl (C=O) groups is 3. The molecule has 0 aliphatic rings. The Morgan fingerprint density at radius 3 is 2.21 bits per heavy atom. The van der Waals surface area contributed by atoms with Crippen LogP contribution in [0.3, 0.4) is 0 Å². The van der Waals surface area contributed by atoms with Gasteiger partial charge in [-0.1, -0.05) is 20.8 Å². The summed E-state index contributed by atoms with van der Waals surface area (Å²) in [5, 5.41) is 14.4. The summed E-state index contributed by atoms with van der Waals surface area (Å²) in [5.41, 5.74) is 0.484. The number of carboxylic acid groups (broad SMARTS) is 1. The fraction of sp³-hybridized carbons (Fsp3) is 0.500. The molecule has 1 aromatic carbocycles. The molecule has 0 heterocycles. The van der Waals surface area contributed by atoms with Crippen LogP contribution in [0.25, 0.3) is 0 Å². The lowest BCUT2D eigenvalue weighted by Crippen LogP contribution is -2.31. The summed E-state index contributed by atoms with van der Waals surface area (Å²) in [5.74, 6) is -1.33. The fourth-order valence-corrected chi connectivity index (χ4v) is 2.23. The molecular formula is C18H26N2O4. The van der Waals surface area contributed by atoms with E-state index in [2.05, 4.69) is 10.6 Å². The summed E-state index contributed by atoms with van der Waals surface area (Å²) < 4.78 is 0. The van der Waals surface area contributed by atoms with Crippen molar-refractivity contribution in [3.8, 4) is 0 Å². The first-order valence-corrected chi connectivity index (χ1v) is 8.05. The van der Waals surface area contributed by atoms with Crippen LogP contribution in [0.5, 0.6) is 0 Å². The predicted molar refractivity (Wildman–Crippen MR) is 92.9 cm³/mol. The van der Waals surface area contributed by atoms with Crippen LogP contribution < -0.4 is 10.6 Å². The van der Waals surface area contributed by atoms with Crippen molar-refractivity contribution < 1.29 is 19.5 Å². The van der Waals surface area contributed by atoms with Crippen molar-refractivity contribution in [3.63, 3.8) is 0 Å². The molecule has 6 heteroatoms. The minimum absolute atomic E-state index is 0.0743. The zero-order valence-corrected chi connectivity index (χ0v) is 14.7. The maximum Gasteiger partial charge on any atom is 0.303 e. The maximum atomic E-state index is 12.0. The topological polar surface area (TPSA) is 95.5 Å². The van der Waals surface area contributed by atoms with Gasteiger partial charge in [-0.05, 0) is 43.0 Å². The largest absolute Gasteiger partial charge is 0.481 e. The Balaban J connectivity index is 2.62. The van der Waals surface area contributed by atoms with Crippen LogP contribution in [0.4, 0.5) is 5.69 Å². The molecule has 0 aliphatic carbocycles. The maximum absolute atomic E-state index is 12.0. The lowest BCUT2D eigenvalue weighted by Gasteiger charge is -2.21. The molecule has 1 unspecified atom stereocenters. The van der Waals surface area contributed by atoms with Gasteiger partial charge in [-0.2, -0.15) is 0 Å². The number of nitrogens with one attached hydrogen (secondary N) is 2. The molecule has 3 N–H and O–H groups in total. The van der Waals surface area contributed by atoms with Crippen molar-refractivity contribution in [3.05, 3.63) is 29.8 Å². The summed E-state index contributed by atoms with van der Waals surface area (Å²) in [7, 11) is 0. The average molecular weight is 334 g/mol. The van der Waals surface area contributed by atoms with Crippen molar-refractivity contribution in [1.29, 1.82) is 0 Å². The smallest absolute Gasteiger partial charge is 0.303 e. The number of amides is 2. The number of carboxylic acids is 1. The van der Waals surface area contributed by atoms with Crippen LogP contribution in [0.15, 0.2) is 24.3 Å². The molecule has 0 aliphatic heterocycles. The normalized spacial score (nSPS) is 12.3. The highest BCUT2D eigenvalue weighted by Crippen LogP contribution is 2.25. The highest BCUT2D eigenvalue weighted by molar-refractivity contribution is 5.96. The first-order chi connectivity index (χ1) is 11.1. The summed E-state index contributed by atoms with van der Waals surface area (Å²) in [4.78, 5) is 34.8. The Kier molecular flexibility index (Phi) is 6.95. The molecule has 1 rings (SSSR count). The van der Waals surface area contributed by atoms with E-state index < -0.39 is 11.4 Å². The molecule has 132 valence electrons. The van der Waals surface area contributed by atoms with Gasteiger partial charge in [0.1, 0.15) is 0 Å². The molecule has 1 aromatic rings. The van der Waals surface area contributed by atoms with E-state index >= 15 is 0 Å². The van der Waals surface area contributed by atoms with Gasteiger partial charge in [-0.25, -0.2) is 0 Å². The number of hydrogen-bond acceptors (Lipinski definition) is 3. The molecule has 0 spiro atoms. The Morgan fingerprint density at radius 2 is 1.71 bits per heavy atom. The van der Waals surface area contributed by atoms with E-state index in [-0.39, 0.29) is 30.7 Å². The van der Waals surface area contributed by atoms with Gasteiger partial charge in [-0.3, -0.25) is 14.4 Å². The number of carbonyl (C=O) groups excluding carboxylic acids is 2. The lowest BCUT2D eigenvalue weighted by atomic mass is 9.85. The van der Waals surface area contributed by atoms with Crippen LogP contribution in [0.2, 0.25) is 0 Å². The van der Waals surface area contributed by atoms with E-state index in [1.807, 2.05) is 13.8 Å². The number of benzene rings is 1. The minimum atomic E-state index is -0.926. The number of aliphatic carboxylic acids is 1. The van der Waals surface area contributed by atoms with Crippen LogP contribution in [0.1, 0.15) is 57.3 Å². The van der Waals surface area contributed by atoms with Gasteiger partial charge in [0.15, 0.2) is 0 Å². The number of hydrogen-bond donors (Lipinski definition) is 3. The summed E-state index contributed by atoms with van der Waals surface area (Å²) in [6.07, 6.45) is 0.886. The minimum Gasteiger partial charge on any atom is -0.481 e. The van der Waals surface area contributed by atoms with E-state index in [0.29, 0.717) is 11.3 Å². The van der Waals surface area contributed by atoms with Gasteiger partial charge < -0.3 is 15.7 Å². The van der Waals surface area contributed by atoms with Gasteiger partial charge in [0, 0.05) is 23.7 Å². The molecule has 2 amide bonds. The second kappa shape index (κ2) is 8.47. The van der Waals surface area contributed by atoms with Crippen molar-refractivity contribution in [1.82, 2.24) is 5.32 Å². The first kappa shape index (κ1) is 19.7. The van der Waals surface area contributed by atoms with Crippen LogP contribution in [-0.4, -0.2) is 28.9 Å². The van der Waals surface area contributed by atoms with Gasteiger partial charge in [0.25, 0.3) is 5.91 Å². The van der Waals surface area contributed by atoms with Crippen molar-refractivity contribution in [2.75, 3.05) is 5.32 Å². The van der Waals surface area contributed by atoms with Crippen molar-refractivity contribution in [2.24, 2.45) is 5.41 Å². The molecule has 6 nitrogen and oxygen atoms in total. The van der Waals surface area contributed by atoms with E-state index in [9.17, 15) is 14.4 Å². The molecule has 0 radical (unpaired) electrons. The third-order valence-electron chi connectivity index (χ3n) is 3.69. The third kappa shape index (κ3) is 6.81. The number of rotatable bonds is 8. The fourth-order valence-electron chi connectivity index (χ4n) is 2.23. The quantitative estimate of drug-likeness (QED) is 0.681. The molecule has 0 aromatic heterocycles. The Bertz CT molecular complexity index is 594. The molecule has 0 bridgehead atoms. The van der Waals surface area contributed by atoms with Crippen LogP contribution >= 0.6 is 0 Å². The first-order valence-electron chi connectivity index (χ1n) is 8.05. The van der Waals surface area contributed by atoms with Crippen LogP contribution in [-0.2, 0) is 9.59 Å². The highest BCUT2D eigenvalue weighted by Gasteiger charge is 2.25. The Labute approximate surface area is 142 Å². The van der Waals surface area contributed by atoms with Gasteiger partial charge in [0.2, 0.25) is 5.91 Å². The Morgan fingerprint density at radius 1 is 1.12 bits per heavy atom. The molecule has 0 saturated heterocycles. The average Bonchev–Trinajstić information content (AvgIpc) is 2.45. The molecule has 0 saturated carbocycles. The standard InChI is InChI=1S/C18H26N2O4/c1-5-12(2)19-17(24)13-6-8-14(9-7-13)20-15(21)10-18(3,4)11-16(22)23/h6-9,12H,5,10-11H2,1-4H3,(H,19,24)(H,20,21)(H,22,23). The Hall–Kier alpha value is -2.37. The second-order valence-electron chi connectivity index (χ2n) is 6.82. The highest BCUT2D eigenvalue weighted by atomic mass is 16.4. The van der Waals surface area contributed by atoms with E-state index in [1.54, 1.807) is 38.1 Å². The summed E-state index contributed by atoms with van der Waals surface area (Å²) in [6, 6.07) is 6.72. The molecule has 24 heavy (non-hydrogen) atoms.